The minimum atomic E-state index is -3.95. The normalized spacial score (nSPS) is 13.3. The number of nitrogens with zero attached hydrogens (tertiary/aromatic N) is 1. The van der Waals surface area contributed by atoms with Gasteiger partial charge in [-0.3, -0.25) is 4.79 Å². The summed E-state index contributed by atoms with van der Waals surface area (Å²) in [5.41, 5.74) is 1.39. The number of benzene rings is 1. The molecular formula is C13H19NO5S. The third kappa shape index (κ3) is 2.94. The second-order valence-corrected chi connectivity index (χ2v) is 6.58. The van der Waals surface area contributed by atoms with E-state index in [0.29, 0.717) is 5.56 Å². The third-order valence-corrected chi connectivity index (χ3v) is 5.26. The highest BCUT2D eigenvalue weighted by molar-refractivity contribution is 7.89. The predicted octanol–water partition coefficient (Wildman–Crippen LogP) is 1.41. The molecule has 20 heavy (non-hydrogen) atoms. The van der Waals surface area contributed by atoms with Gasteiger partial charge in [-0.25, -0.2) is 8.42 Å². The van der Waals surface area contributed by atoms with Crippen LogP contribution >= 0.6 is 0 Å². The number of carboxylic acid groups (broad SMARTS) is 1. The van der Waals surface area contributed by atoms with Crippen molar-refractivity contribution in [1.82, 2.24) is 4.31 Å². The summed E-state index contributed by atoms with van der Waals surface area (Å²) in [6.45, 7) is 4.80. The lowest BCUT2D eigenvalue weighted by Gasteiger charge is -2.23. The molecule has 1 aromatic rings. The maximum absolute atomic E-state index is 12.6. The molecule has 0 bridgehead atoms. The van der Waals surface area contributed by atoms with E-state index in [4.69, 9.17) is 9.84 Å². The van der Waals surface area contributed by atoms with Crippen molar-refractivity contribution in [3.8, 4) is 5.75 Å². The van der Waals surface area contributed by atoms with E-state index in [2.05, 4.69) is 0 Å². The maximum atomic E-state index is 12.6. The summed E-state index contributed by atoms with van der Waals surface area (Å²) >= 11 is 0. The molecule has 0 heterocycles. The molecule has 1 atom stereocenters. The van der Waals surface area contributed by atoms with Gasteiger partial charge in [-0.1, -0.05) is 6.07 Å². The second-order valence-electron chi connectivity index (χ2n) is 4.65. The quantitative estimate of drug-likeness (QED) is 0.889. The molecule has 0 radical (unpaired) electrons. The maximum Gasteiger partial charge on any atom is 0.321 e. The fraction of sp³-hybridized carbons (Fsp3) is 0.462. The number of methoxy groups -OCH3 is 1. The van der Waals surface area contributed by atoms with E-state index in [0.717, 1.165) is 9.87 Å². The van der Waals surface area contributed by atoms with Crippen molar-refractivity contribution in [1.29, 1.82) is 0 Å². The van der Waals surface area contributed by atoms with Crippen LogP contribution in [0, 0.1) is 13.8 Å². The molecule has 1 aromatic carbocycles. The molecule has 0 aliphatic rings. The first-order valence-corrected chi connectivity index (χ1v) is 7.43. The Kier molecular flexibility index (Phi) is 4.77. The summed E-state index contributed by atoms with van der Waals surface area (Å²) in [5.74, 6) is -0.994. The molecule has 0 amide bonds. The fourth-order valence-electron chi connectivity index (χ4n) is 1.91. The minimum absolute atomic E-state index is 0.00111. The number of carboxylic acids is 1. The second kappa shape index (κ2) is 5.80. The van der Waals surface area contributed by atoms with Gasteiger partial charge in [0, 0.05) is 7.05 Å². The van der Waals surface area contributed by atoms with E-state index in [-0.39, 0.29) is 10.6 Å². The van der Waals surface area contributed by atoms with Crippen LogP contribution in [0.5, 0.6) is 5.75 Å². The molecule has 0 saturated heterocycles. The van der Waals surface area contributed by atoms with Gasteiger partial charge in [-0.2, -0.15) is 4.31 Å². The van der Waals surface area contributed by atoms with Crippen LogP contribution in [0.1, 0.15) is 18.1 Å². The van der Waals surface area contributed by atoms with Gasteiger partial charge in [0.1, 0.15) is 16.7 Å². The molecule has 1 rings (SSSR count). The molecule has 6 nitrogen and oxygen atoms in total. The molecule has 1 unspecified atom stereocenters. The summed E-state index contributed by atoms with van der Waals surface area (Å²) in [5, 5.41) is 8.97. The van der Waals surface area contributed by atoms with Crippen LogP contribution in [0.3, 0.4) is 0 Å². The standard InChI is InChI=1S/C13H19NO5S/c1-8-6-9(2)12(11(7-8)19-5)20(17,18)14(4)10(3)13(15)16/h6-7,10H,1-5H3,(H,15,16). The average molecular weight is 301 g/mol. The van der Waals surface area contributed by atoms with Gasteiger partial charge in [0.15, 0.2) is 0 Å². The SMILES string of the molecule is COc1cc(C)cc(C)c1S(=O)(=O)N(C)C(C)C(=O)O. The lowest BCUT2D eigenvalue weighted by molar-refractivity contribution is -0.140. The molecule has 0 fully saturated rings. The van der Waals surface area contributed by atoms with Gasteiger partial charge in [-0.05, 0) is 38.0 Å². The van der Waals surface area contributed by atoms with Crippen LogP contribution in [-0.2, 0) is 14.8 Å². The van der Waals surface area contributed by atoms with Crippen molar-refractivity contribution < 1.29 is 23.1 Å². The van der Waals surface area contributed by atoms with Crippen molar-refractivity contribution >= 4 is 16.0 Å². The van der Waals surface area contributed by atoms with E-state index in [1.165, 1.54) is 21.1 Å². The highest BCUT2D eigenvalue weighted by atomic mass is 32.2. The van der Waals surface area contributed by atoms with Crippen LogP contribution in [0.2, 0.25) is 0 Å². The number of aryl methyl sites for hydroxylation is 2. The lowest BCUT2D eigenvalue weighted by Crippen LogP contribution is -2.40. The summed E-state index contributed by atoms with van der Waals surface area (Å²) in [6, 6.07) is 2.17. The Labute approximate surface area is 119 Å². The zero-order valence-corrected chi connectivity index (χ0v) is 13.0. The minimum Gasteiger partial charge on any atom is -0.495 e. The summed E-state index contributed by atoms with van der Waals surface area (Å²) in [6.07, 6.45) is 0. The molecule has 0 aromatic heterocycles. The monoisotopic (exact) mass is 301 g/mol. The van der Waals surface area contributed by atoms with Crippen LogP contribution in [-0.4, -0.2) is 44.0 Å². The Morgan fingerprint density at radius 2 is 1.90 bits per heavy atom. The fourth-order valence-corrected chi connectivity index (χ4v) is 3.56. The van der Waals surface area contributed by atoms with E-state index in [1.807, 2.05) is 6.92 Å². The Bertz CT molecular complexity index is 624. The summed E-state index contributed by atoms with van der Waals surface area (Å²) < 4.78 is 31.1. The molecule has 7 heteroatoms. The number of hydrogen-bond donors (Lipinski definition) is 1. The lowest BCUT2D eigenvalue weighted by atomic mass is 10.1. The first-order valence-electron chi connectivity index (χ1n) is 5.99. The number of likely N-dealkylation sites (N-methyl/N-ethyl adjacent to an activating group) is 1. The summed E-state index contributed by atoms with van der Waals surface area (Å²) in [4.78, 5) is 11.0. The molecule has 0 spiro atoms. The van der Waals surface area contributed by atoms with Crippen LogP contribution in [0.15, 0.2) is 17.0 Å². The molecule has 0 aliphatic heterocycles. The first-order chi connectivity index (χ1) is 9.12. The predicted molar refractivity (Wildman–Crippen MR) is 74.5 cm³/mol. The van der Waals surface area contributed by atoms with Crippen molar-refractivity contribution in [2.24, 2.45) is 0 Å². The zero-order valence-electron chi connectivity index (χ0n) is 12.2. The smallest absolute Gasteiger partial charge is 0.321 e. The van der Waals surface area contributed by atoms with E-state index >= 15 is 0 Å². The number of hydrogen-bond acceptors (Lipinski definition) is 4. The van der Waals surface area contributed by atoms with Gasteiger partial charge >= 0.3 is 5.97 Å². The van der Waals surface area contributed by atoms with E-state index < -0.39 is 22.0 Å². The van der Waals surface area contributed by atoms with Gasteiger partial charge < -0.3 is 9.84 Å². The van der Waals surface area contributed by atoms with Crippen LogP contribution < -0.4 is 4.74 Å². The van der Waals surface area contributed by atoms with Crippen molar-refractivity contribution in [3.63, 3.8) is 0 Å². The highest BCUT2D eigenvalue weighted by Crippen LogP contribution is 2.31. The van der Waals surface area contributed by atoms with Crippen molar-refractivity contribution in [2.45, 2.75) is 31.7 Å². The topological polar surface area (TPSA) is 83.9 Å². The number of carbonyl (C=O) groups is 1. The molecule has 1 N–H and O–H groups in total. The van der Waals surface area contributed by atoms with Crippen molar-refractivity contribution in [3.05, 3.63) is 23.3 Å². The highest BCUT2D eigenvalue weighted by Gasteiger charge is 2.33. The molecular weight excluding hydrogens is 282 g/mol. The molecule has 0 aliphatic carbocycles. The van der Waals surface area contributed by atoms with Gasteiger partial charge in [0.25, 0.3) is 0 Å². The number of sulfonamides is 1. The molecule has 112 valence electrons. The Morgan fingerprint density at radius 1 is 1.35 bits per heavy atom. The first kappa shape index (κ1) is 16.5. The van der Waals surface area contributed by atoms with Crippen LogP contribution in [0.25, 0.3) is 0 Å². The average Bonchev–Trinajstić information content (AvgIpc) is 2.35. The van der Waals surface area contributed by atoms with Crippen LogP contribution in [0.4, 0.5) is 0 Å². The summed E-state index contributed by atoms with van der Waals surface area (Å²) in [7, 11) is -1.32. The van der Waals surface area contributed by atoms with Crippen molar-refractivity contribution in [2.75, 3.05) is 14.2 Å². The van der Waals surface area contributed by atoms with E-state index in [9.17, 15) is 13.2 Å². The van der Waals surface area contributed by atoms with Gasteiger partial charge in [0.2, 0.25) is 10.0 Å². The number of ether oxygens (including phenoxy) is 1. The Hall–Kier alpha value is -1.60. The number of aliphatic carboxylic acids is 1. The third-order valence-electron chi connectivity index (χ3n) is 3.14. The largest absolute Gasteiger partial charge is 0.495 e. The van der Waals surface area contributed by atoms with Gasteiger partial charge in [-0.15, -0.1) is 0 Å². The zero-order chi connectivity index (χ0) is 15.7. The van der Waals surface area contributed by atoms with Gasteiger partial charge in [0.05, 0.1) is 7.11 Å². The number of rotatable bonds is 5. The van der Waals surface area contributed by atoms with E-state index in [1.54, 1.807) is 19.1 Å². The Balaban J connectivity index is 3.47. The Morgan fingerprint density at radius 3 is 2.35 bits per heavy atom. The molecule has 0 saturated carbocycles.